The standard InChI is InChI=1S/C24H29N5O7/c1-14(2)8-9-17-25-22(31)20(23-27-26-18(36-23)12-28-10-11-35-13-19(28)30)24(32)29(17)21-15(33-3)6-5-7-16(21)34-4/h5-7,14,31H,8-13H2,1-4H3. The number of amides is 1. The fourth-order valence-electron chi connectivity index (χ4n) is 3.91. The van der Waals surface area contributed by atoms with Gasteiger partial charge in [-0.2, -0.15) is 4.98 Å². The first kappa shape index (κ1) is 25.2. The lowest BCUT2D eigenvalue weighted by molar-refractivity contribution is -0.143. The van der Waals surface area contributed by atoms with E-state index in [2.05, 4.69) is 29.0 Å². The van der Waals surface area contributed by atoms with Crippen LogP contribution in [0.25, 0.3) is 17.1 Å². The number of rotatable bonds is 9. The van der Waals surface area contributed by atoms with Crippen LogP contribution in [0, 0.1) is 5.92 Å². The number of aromatic hydroxyl groups is 1. The number of nitrogens with zero attached hydrogens (tertiary/aromatic N) is 5. The molecular weight excluding hydrogens is 470 g/mol. The molecule has 1 N–H and O–H groups in total. The van der Waals surface area contributed by atoms with Gasteiger partial charge in [0.1, 0.15) is 29.6 Å². The smallest absolute Gasteiger partial charge is 0.275 e. The molecule has 3 heterocycles. The molecule has 1 saturated heterocycles. The van der Waals surface area contributed by atoms with E-state index in [1.807, 2.05) is 0 Å². The van der Waals surface area contributed by atoms with Crippen molar-refractivity contribution >= 4 is 5.91 Å². The number of carbonyl (C=O) groups is 1. The van der Waals surface area contributed by atoms with Crippen molar-refractivity contribution in [1.29, 1.82) is 0 Å². The number of hydrogen-bond acceptors (Lipinski definition) is 10. The van der Waals surface area contributed by atoms with Crippen LogP contribution in [0.1, 0.15) is 32.0 Å². The normalized spacial score (nSPS) is 13.9. The molecule has 1 aliphatic rings. The summed E-state index contributed by atoms with van der Waals surface area (Å²) in [7, 11) is 2.98. The maximum atomic E-state index is 13.9. The van der Waals surface area contributed by atoms with E-state index in [9.17, 15) is 14.7 Å². The van der Waals surface area contributed by atoms with Crippen LogP contribution in [0.15, 0.2) is 27.4 Å². The summed E-state index contributed by atoms with van der Waals surface area (Å²) in [5.41, 5.74) is -0.538. The number of benzene rings is 1. The number of hydrogen-bond donors (Lipinski definition) is 1. The maximum absolute atomic E-state index is 13.9. The minimum Gasteiger partial charge on any atom is -0.494 e. The minimum atomic E-state index is -0.623. The van der Waals surface area contributed by atoms with E-state index in [0.29, 0.717) is 48.5 Å². The molecule has 192 valence electrons. The molecule has 0 saturated carbocycles. The number of para-hydroxylation sites is 1. The van der Waals surface area contributed by atoms with Gasteiger partial charge in [0, 0.05) is 13.0 Å². The number of aryl methyl sites for hydroxylation is 1. The molecule has 3 aromatic rings. The molecule has 0 radical (unpaired) electrons. The molecule has 0 bridgehead atoms. The second kappa shape index (κ2) is 10.8. The molecule has 0 aliphatic carbocycles. The zero-order chi connectivity index (χ0) is 25.8. The highest BCUT2D eigenvalue weighted by Gasteiger charge is 2.27. The topological polar surface area (TPSA) is 142 Å². The maximum Gasteiger partial charge on any atom is 0.275 e. The van der Waals surface area contributed by atoms with Crippen LogP contribution in [-0.4, -0.2) is 69.6 Å². The Bertz CT molecular complexity index is 1280. The molecule has 2 aromatic heterocycles. The Labute approximate surface area is 207 Å². The van der Waals surface area contributed by atoms with Gasteiger partial charge in [0.25, 0.3) is 11.4 Å². The van der Waals surface area contributed by atoms with Gasteiger partial charge in [0.2, 0.25) is 17.7 Å². The molecule has 1 aliphatic heterocycles. The first-order valence-electron chi connectivity index (χ1n) is 11.6. The van der Waals surface area contributed by atoms with Crippen LogP contribution in [-0.2, 0) is 22.5 Å². The van der Waals surface area contributed by atoms with Crippen molar-refractivity contribution in [2.45, 2.75) is 33.2 Å². The van der Waals surface area contributed by atoms with Crippen LogP contribution >= 0.6 is 0 Å². The van der Waals surface area contributed by atoms with Crippen molar-refractivity contribution in [3.63, 3.8) is 0 Å². The highest BCUT2D eigenvalue weighted by atomic mass is 16.5. The van der Waals surface area contributed by atoms with Crippen molar-refractivity contribution in [1.82, 2.24) is 24.6 Å². The van der Waals surface area contributed by atoms with Crippen molar-refractivity contribution < 1.29 is 28.5 Å². The third-order valence-corrected chi connectivity index (χ3v) is 5.79. The third-order valence-electron chi connectivity index (χ3n) is 5.79. The molecule has 36 heavy (non-hydrogen) atoms. The Hall–Kier alpha value is -3.93. The second-order valence-corrected chi connectivity index (χ2v) is 8.68. The summed E-state index contributed by atoms with van der Waals surface area (Å²) in [6.07, 6.45) is 1.14. The lowest BCUT2D eigenvalue weighted by Crippen LogP contribution is -2.41. The van der Waals surface area contributed by atoms with Gasteiger partial charge < -0.3 is 28.6 Å². The van der Waals surface area contributed by atoms with Crippen LogP contribution < -0.4 is 15.0 Å². The molecule has 1 aromatic carbocycles. The van der Waals surface area contributed by atoms with Crippen LogP contribution in [0.4, 0.5) is 0 Å². The van der Waals surface area contributed by atoms with Crippen LogP contribution in [0.5, 0.6) is 17.4 Å². The predicted molar refractivity (Wildman–Crippen MR) is 127 cm³/mol. The van der Waals surface area contributed by atoms with Gasteiger partial charge in [0.05, 0.1) is 27.4 Å². The number of morpholine rings is 1. The van der Waals surface area contributed by atoms with Gasteiger partial charge in [-0.3, -0.25) is 14.2 Å². The largest absolute Gasteiger partial charge is 0.494 e. The van der Waals surface area contributed by atoms with Crippen molar-refractivity contribution in [2.24, 2.45) is 5.92 Å². The molecule has 1 amide bonds. The summed E-state index contributed by atoms with van der Waals surface area (Å²) in [5.74, 6) is 0.611. The van der Waals surface area contributed by atoms with E-state index in [0.717, 1.165) is 6.42 Å². The Morgan fingerprint density at radius 3 is 2.50 bits per heavy atom. The number of methoxy groups -OCH3 is 2. The van der Waals surface area contributed by atoms with E-state index in [4.69, 9.17) is 18.6 Å². The summed E-state index contributed by atoms with van der Waals surface area (Å²) in [6, 6.07) is 5.15. The highest BCUT2D eigenvalue weighted by molar-refractivity contribution is 5.77. The van der Waals surface area contributed by atoms with Gasteiger partial charge in [-0.05, 0) is 24.5 Å². The molecule has 12 nitrogen and oxygen atoms in total. The molecule has 1 fully saturated rings. The summed E-state index contributed by atoms with van der Waals surface area (Å²) in [4.78, 5) is 31.8. The Balaban J connectivity index is 1.83. The van der Waals surface area contributed by atoms with E-state index < -0.39 is 11.4 Å². The van der Waals surface area contributed by atoms with Gasteiger partial charge in [-0.25, -0.2) is 0 Å². The van der Waals surface area contributed by atoms with E-state index in [1.165, 1.54) is 23.7 Å². The van der Waals surface area contributed by atoms with Gasteiger partial charge in [0.15, 0.2) is 5.56 Å². The van der Waals surface area contributed by atoms with E-state index >= 15 is 0 Å². The fourth-order valence-corrected chi connectivity index (χ4v) is 3.91. The van der Waals surface area contributed by atoms with Gasteiger partial charge in [-0.1, -0.05) is 19.9 Å². The van der Waals surface area contributed by atoms with Crippen molar-refractivity contribution in [3.8, 4) is 34.5 Å². The molecule has 4 rings (SSSR count). The van der Waals surface area contributed by atoms with E-state index in [-0.39, 0.29) is 36.4 Å². The van der Waals surface area contributed by atoms with Gasteiger partial charge >= 0.3 is 0 Å². The zero-order valence-electron chi connectivity index (χ0n) is 20.7. The van der Waals surface area contributed by atoms with Crippen molar-refractivity contribution in [2.75, 3.05) is 34.0 Å². The molecule has 12 heteroatoms. The Morgan fingerprint density at radius 1 is 1.14 bits per heavy atom. The van der Waals surface area contributed by atoms with Crippen LogP contribution in [0.2, 0.25) is 0 Å². The first-order valence-corrected chi connectivity index (χ1v) is 11.6. The lowest BCUT2D eigenvalue weighted by atomic mass is 10.1. The monoisotopic (exact) mass is 499 g/mol. The number of ether oxygens (including phenoxy) is 3. The fraction of sp³-hybridized carbons (Fsp3) is 0.458. The van der Waals surface area contributed by atoms with Gasteiger partial charge in [-0.15, -0.1) is 10.2 Å². The third kappa shape index (κ3) is 5.03. The quantitative estimate of drug-likeness (QED) is 0.464. The minimum absolute atomic E-state index is 0.0189. The van der Waals surface area contributed by atoms with Crippen LogP contribution in [0.3, 0.4) is 0 Å². The SMILES string of the molecule is COc1cccc(OC)c1-n1c(CCC(C)C)nc(O)c(-c2nnc(CN3CCOCC3=O)o2)c1=O. The molecular formula is C24H29N5O7. The Morgan fingerprint density at radius 2 is 1.86 bits per heavy atom. The molecule has 0 unspecified atom stereocenters. The van der Waals surface area contributed by atoms with Crippen molar-refractivity contribution in [3.05, 3.63) is 40.3 Å². The summed E-state index contributed by atoms with van der Waals surface area (Å²) in [5, 5.41) is 18.7. The lowest BCUT2D eigenvalue weighted by Gasteiger charge is -2.25. The zero-order valence-corrected chi connectivity index (χ0v) is 20.7. The molecule has 0 atom stereocenters. The Kier molecular flexibility index (Phi) is 7.53. The molecule has 0 spiro atoms. The first-order chi connectivity index (χ1) is 17.3. The summed E-state index contributed by atoms with van der Waals surface area (Å²) in [6.45, 7) is 4.94. The summed E-state index contributed by atoms with van der Waals surface area (Å²) < 4.78 is 23.2. The summed E-state index contributed by atoms with van der Waals surface area (Å²) >= 11 is 0. The predicted octanol–water partition coefficient (Wildman–Crippen LogP) is 1.95. The highest BCUT2D eigenvalue weighted by Crippen LogP contribution is 2.34. The van der Waals surface area contributed by atoms with E-state index in [1.54, 1.807) is 18.2 Å². The number of aromatic nitrogens is 4. The second-order valence-electron chi connectivity index (χ2n) is 8.68. The average Bonchev–Trinajstić information content (AvgIpc) is 3.31. The number of carbonyl (C=O) groups excluding carboxylic acids is 1. The average molecular weight is 500 g/mol.